The van der Waals surface area contributed by atoms with Crippen LogP contribution in [0.25, 0.3) is 0 Å². The fourth-order valence-corrected chi connectivity index (χ4v) is 2.48. The quantitative estimate of drug-likeness (QED) is 0.845. The number of rotatable bonds is 6. The van der Waals surface area contributed by atoms with Gasteiger partial charge in [-0.1, -0.05) is 25.1 Å². The summed E-state index contributed by atoms with van der Waals surface area (Å²) in [6.45, 7) is 2.29. The first kappa shape index (κ1) is 15.4. The smallest absolute Gasteiger partial charge is 0.309 e. The van der Waals surface area contributed by atoms with Crippen LogP contribution < -0.4 is 5.32 Å². The van der Waals surface area contributed by atoms with Gasteiger partial charge < -0.3 is 5.32 Å². The molecule has 0 saturated carbocycles. The highest BCUT2D eigenvalue weighted by atomic mass is 32.2. The molecule has 1 aromatic rings. The van der Waals surface area contributed by atoms with Gasteiger partial charge in [0.05, 0.1) is 5.56 Å². The molecule has 1 nitrogen and oxygen atoms in total. The van der Waals surface area contributed by atoms with Crippen LogP contribution >= 0.6 is 11.8 Å². The highest BCUT2D eigenvalue weighted by Crippen LogP contribution is 2.31. The summed E-state index contributed by atoms with van der Waals surface area (Å²) in [7, 11) is 0. The van der Waals surface area contributed by atoms with Crippen molar-refractivity contribution in [3.8, 4) is 0 Å². The molecule has 1 unspecified atom stereocenters. The summed E-state index contributed by atoms with van der Waals surface area (Å²) in [5.74, 6) is 0.907. The summed E-state index contributed by atoms with van der Waals surface area (Å²) in [5, 5.41) is 3.18. The molecule has 0 radical (unpaired) electrons. The zero-order chi connectivity index (χ0) is 13.6. The molecule has 0 amide bonds. The van der Waals surface area contributed by atoms with Crippen LogP contribution in [-0.4, -0.2) is 18.1 Å². The monoisotopic (exact) mass is 277 g/mol. The molecule has 0 heterocycles. The maximum absolute atomic E-state index is 12.8. The van der Waals surface area contributed by atoms with Crippen molar-refractivity contribution in [1.29, 1.82) is 0 Å². The lowest BCUT2D eigenvalue weighted by atomic mass is 10.1. The van der Waals surface area contributed by atoms with Gasteiger partial charge in [-0.25, -0.2) is 0 Å². The van der Waals surface area contributed by atoms with Crippen LogP contribution in [0, 0.1) is 0 Å². The molecular weight excluding hydrogens is 259 g/mol. The van der Waals surface area contributed by atoms with Crippen molar-refractivity contribution in [2.75, 3.05) is 12.0 Å². The Labute approximate surface area is 110 Å². The Morgan fingerprint density at radius 2 is 1.94 bits per heavy atom. The van der Waals surface area contributed by atoms with Crippen LogP contribution in [0.5, 0.6) is 0 Å². The van der Waals surface area contributed by atoms with Gasteiger partial charge in [0.2, 0.25) is 0 Å². The van der Waals surface area contributed by atoms with E-state index < -0.39 is 11.7 Å². The third kappa shape index (κ3) is 4.53. The summed E-state index contributed by atoms with van der Waals surface area (Å²) in [6, 6.07) is 5.97. The van der Waals surface area contributed by atoms with E-state index in [0.717, 1.165) is 18.2 Å². The highest BCUT2D eigenvalue weighted by Gasteiger charge is 2.32. The Bertz CT molecular complexity index is 365. The van der Waals surface area contributed by atoms with Crippen LogP contribution in [0.3, 0.4) is 0 Å². The van der Waals surface area contributed by atoms with Gasteiger partial charge in [0, 0.05) is 18.3 Å². The number of hydrogen-bond donors (Lipinski definition) is 1. The van der Waals surface area contributed by atoms with Crippen molar-refractivity contribution >= 4 is 11.8 Å². The topological polar surface area (TPSA) is 12.0 Å². The van der Waals surface area contributed by atoms with Gasteiger partial charge in [0.15, 0.2) is 0 Å². The number of thioether (sulfide) groups is 1. The Morgan fingerprint density at radius 3 is 2.50 bits per heavy atom. The van der Waals surface area contributed by atoms with E-state index in [2.05, 4.69) is 5.32 Å². The number of alkyl halides is 3. The molecule has 1 rings (SSSR count). The minimum atomic E-state index is -4.28. The van der Waals surface area contributed by atoms with E-state index in [1.165, 1.54) is 12.1 Å². The van der Waals surface area contributed by atoms with E-state index in [9.17, 15) is 13.2 Å². The maximum atomic E-state index is 12.8. The maximum Gasteiger partial charge on any atom is 0.416 e. The molecule has 102 valence electrons. The van der Waals surface area contributed by atoms with Crippen LogP contribution in [0.15, 0.2) is 24.3 Å². The molecule has 0 aromatic heterocycles. The van der Waals surface area contributed by atoms with Gasteiger partial charge in [-0.05, 0) is 24.3 Å². The fourth-order valence-electron chi connectivity index (χ4n) is 1.73. The third-order valence-corrected chi connectivity index (χ3v) is 3.50. The summed E-state index contributed by atoms with van der Waals surface area (Å²) in [4.78, 5) is 0. The predicted octanol–water partition coefficient (Wildman–Crippen LogP) is 3.94. The average Bonchev–Trinajstić information content (AvgIpc) is 2.33. The molecule has 0 bridgehead atoms. The normalized spacial score (nSPS) is 13.6. The summed E-state index contributed by atoms with van der Waals surface area (Å²) in [5.41, 5.74) is -0.235. The Balaban J connectivity index is 2.73. The van der Waals surface area contributed by atoms with Crippen LogP contribution in [0.4, 0.5) is 13.2 Å². The Hall–Kier alpha value is -0.680. The second kappa shape index (κ2) is 7.04. The largest absolute Gasteiger partial charge is 0.416 e. The van der Waals surface area contributed by atoms with Crippen molar-refractivity contribution < 1.29 is 13.2 Å². The molecule has 5 heteroatoms. The van der Waals surface area contributed by atoms with E-state index in [0.29, 0.717) is 5.56 Å². The molecule has 0 fully saturated rings. The first-order valence-electron chi connectivity index (χ1n) is 5.86. The van der Waals surface area contributed by atoms with Crippen LogP contribution in [0.1, 0.15) is 24.5 Å². The lowest BCUT2D eigenvalue weighted by molar-refractivity contribution is -0.138. The summed E-state index contributed by atoms with van der Waals surface area (Å²) >= 11 is 1.69. The molecule has 0 saturated heterocycles. The summed E-state index contributed by atoms with van der Waals surface area (Å²) in [6.07, 6.45) is -1.37. The van der Waals surface area contributed by atoms with Gasteiger partial charge in [0.1, 0.15) is 0 Å². The molecule has 1 atom stereocenters. The number of halogens is 3. The Morgan fingerprint density at radius 1 is 1.28 bits per heavy atom. The molecule has 0 aliphatic carbocycles. The van der Waals surface area contributed by atoms with Crippen LogP contribution in [-0.2, 0) is 12.7 Å². The molecular formula is C13H18F3NS. The van der Waals surface area contributed by atoms with Gasteiger partial charge in [0.25, 0.3) is 0 Å². The van der Waals surface area contributed by atoms with Crippen molar-refractivity contribution in [2.45, 2.75) is 32.1 Å². The highest BCUT2D eigenvalue weighted by molar-refractivity contribution is 7.98. The van der Waals surface area contributed by atoms with E-state index in [1.54, 1.807) is 17.8 Å². The minimum Gasteiger partial charge on any atom is -0.309 e. The van der Waals surface area contributed by atoms with Gasteiger partial charge >= 0.3 is 6.18 Å². The van der Waals surface area contributed by atoms with Gasteiger partial charge in [-0.3, -0.25) is 0 Å². The van der Waals surface area contributed by atoms with Gasteiger partial charge in [-0.2, -0.15) is 24.9 Å². The second-order valence-corrected chi connectivity index (χ2v) is 5.01. The van der Waals surface area contributed by atoms with E-state index in [1.807, 2.05) is 13.2 Å². The average molecular weight is 277 g/mol. The molecule has 18 heavy (non-hydrogen) atoms. The predicted molar refractivity (Wildman–Crippen MR) is 70.7 cm³/mol. The van der Waals surface area contributed by atoms with Crippen LogP contribution in [0.2, 0.25) is 0 Å². The first-order chi connectivity index (χ1) is 8.49. The molecule has 0 spiro atoms. The standard InChI is InChI=1S/C13H18F3NS/c1-3-11(9-18-2)17-8-10-6-4-5-7-12(10)13(14,15)16/h4-7,11,17H,3,8-9H2,1-2H3. The number of nitrogens with one attached hydrogen (secondary N) is 1. The molecule has 0 aliphatic heterocycles. The Kier molecular flexibility index (Phi) is 6.02. The fraction of sp³-hybridized carbons (Fsp3) is 0.538. The van der Waals surface area contributed by atoms with Crippen molar-refractivity contribution in [3.05, 3.63) is 35.4 Å². The summed E-state index contributed by atoms with van der Waals surface area (Å²) < 4.78 is 38.3. The SMILES string of the molecule is CCC(CSC)NCc1ccccc1C(F)(F)F. The van der Waals surface area contributed by atoms with Gasteiger partial charge in [-0.15, -0.1) is 0 Å². The van der Waals surface area contributed by atoms with E-state index >= 15 is 0 Å². The molecule has 1 aromatic carbocycles. The zero-order valence-electron chi connectivity index (χ0n) is 10.6. The lowest BCUT2D eigenvalue weighted by Gasteiger charge is -2.18. The van der Waals surface area contributed by atoms with Crippen molar-refractivity contribution in [2.24, 2.45) is 0 Å². The molecule has 0 aliphatic rings. The first-order valence-corrected chi connectivity index (χ1v) is 7.25. The van der Waals surface area contributed by atoms with Crippen molar-refractivity contribution in [3.63, 3.8) is 0 Å². The third-order valence-electron chi connectivity index (χ3n) is 2.76. The minimum absolute atomic E-state index is 0.251. The lowest BCUT2D eigenvalue weighted by Crippen LogP contribution is -2.30. The second-order valence-electron chi connectivity index (χ2n) is 4.10. The number of benzene rings is 1. The van der Waals surface area contributed by atoms with E-state index in [4.69, 9.17) is 0 Å². The number of hydrogen-bond acceptors (Lipinski definition) is 2. The zero-order valence-corrected chi connectivity index (χ0v) is 11.4. The molecule has 1 N–H and O–H groups in total. The van der Waals surface area contributed by atoms with Crippen molar-refractivity contribution in [1.82, 2.24) is 5.32 Å². The van der Waals surface area contributed by atoms with E-state index in [-0.39, 0.29) is 12.6 Å².